The van der Waals surface area contributed by atoms with Gasteiger partial charge in [-0.2, -0.15) is 5.26 Å². The van der Waals surface area contributed by atoms with Crippen molar-refractivity contribution >= 4 is 11.6 Å². The van der Waals surface area contributed by atoms with Crippen LogP contribution in [0.4, 0.5) is 5.69 Å². The normalized spacial score (nSPS) is 10.3. The van der Waals surface area contributed by atoms with E-state index in [0.29, 0.717) is 31.0 Å². The molecule has 1 aromatic rings. The van der Waals surface area contributed by atoms with Crippen molar-refractivity contribution in [1.82, 2.24) is 9.88 Å². The first-order chi connectivity index (χ1) is 9.99. The van der Waals surface area contributed by atoms with Crippen molar-refractivity contribution in [2.24, 2.45) is 5.92 Å². The van der Waals surface area contributed by atoms with Crippen LogP contribution >= 0.6 is 0 Å². The largest absolute Gasteiger partial charge is 0.385 e. The van der Waals surface area contributed by atoms with Crippen LogP contribution in [0.15, 0.2) is 12.3 Å². The molecule has 1 heterocycles. The lowest BCUT2D eigenvalue weighted by molar-refractivity contribution is 0.0740. The van der Waals surface area contributed by atoms with Crippen LogP contribution in [0.3, 0.4) is 0 Å². The Morgan fingerprint density at radius 1 is 1.52 bits per heavy atom. The van der Waals surface area contributed by atoms with Gasteiger partial charge in [0, 0.05) is 31.5 Å². The summed E-state index contributed by atoms with van der Waals surface area (Å²) in [6.07, 6.45) is 1.96. The molecule has 0 saturated carbocycles. The van der Waals surface area contributed by atoms with E-state index in [1.54, 1.807) is 11.1 Å². The number of carbonyl (C=O) groups is 1. The summed E-state index contributed by atoms with van der Waals surface area (Å²) in [6.45, 7) is 9.85. The second kappa shape index (κ2) is 8.25. The van der Waals surface area contributed by atoms with Crippen LogP contribution in [-0.4, -0.2) is 35.4 Å². The van der Waals surface area contributed by atoms with Crippen molar-refractivity contribution in [3.8, 4) is 6.07 Å². The smallest absolute Gasteiger partial charge is 0.257 e. The molecule has 0 radical (unpaired) electrons. The molecule has 0 aliphatic carbocycles. The molecular formula is C16H24N4O. The second-order valence-corrected chi connectivity index (χ2v) is 5.45. The highest BCUT2D eigenvalue weighted by Gasteiger charge is 2.20. The summed E-state index contributed by atoms with van der Waals surface area (Å²) in [5.74, 6) is 0.288. The van der Waals surface area contributed by atoms with Gasteiger partial charge in [-0.15, -0.1) is 0 Å². The third kappa shape index (κ3) is 5.07. The molecule has 0 saturated heterocycles. The first-order valence-electron chi connectivity index (χ1n) is 7.36. The van der Waals surface area contributed by atoms with Gasteiger partial charge in [-0.3, -0.25) is 9.78 Å². The SMILES string of the molecule is CCNc1cc(C)ncc1C(=O)N(CCC#N)CC(C)C. The highest BCUT2D eigenvalue weighted by molar-refractivity contribution is 5.99. The van der Waals surface area contributed by atoms with Crippen molar-refractivity contribution < 1.29 is 4.79 Å². The number of rotatable bonds is 7. The van der Waals surface area contributed by atoms with Crippen LogP contribution in [0.2, 0.25) is 0 Å². The summed E-state index contributed by atoms with van der Waals surface area (Å²) >= 11 is 0. The average Bonchev–Trinajstić information content (AvgIpc) is 2.43. The molecule has 1 rings (SSSR count). The van der Waals surface area contributed by atoms with Gasteiger partial charge in [0.1, 0.15) is 0 Å². The van der Waals surface area contributed by atoms with Gasteiger partial charge in [-0.05, 0) is 25.8 Å². The van der Waals surface area contributed by atoms with Crippen molar-refractivity contribution in [3.63, 3.8) is 0 Å². The topological polar surface area (TPSA) is 69.0 Å². The highest BCUT2D eigenvalue weighted by Crippen LogP contribution is 2.18. The number of hydrogen-bond donors (Lipinski definition) is 1. The minimum Gasteiger partial charge on any atom is -0.385 e. The number of amides is 1. The van der Waals surface area contributed by atoms with Gasteiger partial charge in [0.2, 0.25) is 0 Å². The third-order valence-electron chi connectivity index (χ3n) is 3.00. The number of anilines is 1. The van der Waals surface area contributed by atoms with Gasteiger partial charge in [0.25, 0.3) is 5.91 Å². The zero-order valence-corrected chi connectivity index (χ0v) is 13.3. The molecule has 0 bridgehead atoms. The number of pyridine rings is 1. The van der Waals surface area contributed by atoms with E-state index in [0.717, 1.165) is 17.9 Å². The van der Waals surface area contributed by atoms with Crippen molar-refractivity contribution in [2.45, 2.75) is 34.1 Å². The van der Waals surface area contributed by atoms with E-state index in [4.69, 9.17) is 5.26 Å². The first-order valence-corrected chi connectivity index (χ1v) is 7.36. The summed E-state index contributed by atoms with van der Waals surface area (Å²) < 4.78 is 0. The minimum atomic E-state index is -0.0672. The van der Waals surface area contributed by atoms with E-state index in [2.05, 4.69) is 30.2 Å². The fraction of sp³-hybridized carbons (Fsp3) is 0.562. The fourth-order valence-electron chi connectivity index (χ4n) is 2.14. The molecule has 0 unspecified atom stereocenters. The molecule has 0 fully saturated rings. The minimum absolute atomic E-state index is 0.0672. The van der Waals surface area contributed by atoms with Crippen molar-refractivity contribution in [1.29, 1.82) is 5.26 Å². The van der Waals surface area contributed by atoms with Crippen LogP contribution < -0.4 is 5.32 Å². The van der Waals surface area contributed by atoms with Crippen LogP contribution in [-0.2, 0) is 0 Å². The Kier molecular flexibility index (Phi) is 6.67. The summed E-state index contributed by atoms with van der Waals surface area (Å²) in [5.41, 5.74) is 2.25. The quantitative estimate of drug-likeness (QED) is 0.837. The summed E-state index contributed by atoms with van der Waals surface area (Å²) in [7, 11) is 0. The van der Waals surface area contributed by atoms with E-state index in [9.17, 15) is 4.79 Å². The van der Waals surface area contributed by atoms with Crippen LogP contribution in [0.5, 0.6) is 0 Å². The summed E-state index contributed by atoms with van der Waals surface area (Å²) in [5, 5.41) is 12.0. The first kappa shape index (κ1) is 17.0. The van der Waals surface area contributed by atoms with E-state index >= 15 is 0 Å². The predicted octanol–water partition coefficient (Wildman–Crippen LogP) is 2.83. The number of aryl methyl sites for hydroxylation is 1. The van der Waals surface area contributed by atoms with Gasteiger partial charge in [0.05, 0.1) is 23.7 Å². The maximum absolute atomic E-state index is 12.7. The molecule has 5 nitrogen and oxygen atoms in total. The van der Waals surface area contributed by atoms with E-state index in [1.807, 2.05) is 19.9 Å². The zero-order chi connectivity index (χ0) is 15.8. The Labute approximate surface area is 127 Å². The lowest BCUT2D eigenvalue weighted by Gasteiger charge is -2.24. The molecule has 5 heteroatoms. The summed E-state index contributed by atoms with van der Waals surface area (Å²) in [6, 6.07) is 3.99. The van der Waals surface area contributed by atoms with Gasteiger partial charge in [-0.1, -0.05) is 13.8 Å². The van der Waals surface area contributed by atoms with Crippen LogP contribution in [0.25, 0.3) is 0 Å². The number of hydrogen-bond acceptors (Lipinski definition) is 4. The molecule has 0 aromatic carbocycles. The lowest BCUT2D eigenvalue weighted by Crippen LogP contribution is -2.35. The van der Waals surface area contributed by atoms with Gasteiger partial charge >= 0.3 is 0 Å². The van der Waals surface area contributed by atoms with E-state index < -0.39 is 0 Å². The number of nitrogens with zero attached hydrogens (tertiary/aromatic N) is 3. The molecule has 114 valence electrons. The highest BCUT2D eigenvalue weighted by atomic mass is 16.2. The summed E-state index contributed by atoms with van der Waals surface area (Å²) in [4.78, 5) is 18.7. The Morgan fingerprint density at radius 3 is 2.81 bits per heavy atom. The van der Waals surface area contributed by atoms with Crippen LogP contribution in [0, 0.1) is 24.2 Å². The van der Waals surface area contributed by atoms with Gasteiger partial charge < -0.3 is 10.2 Å². The average molecular weight is 288 g/mol. The number of nitriles is 1. The number of carbonyl (C=O) groups excluding carboxylic acids is 1. The molecule has 0 atom stereocenters. The Bertz CT molecular complexity index is 519. The molecular weight excluding hydrogens is 264 g/mol. The molecule has 1 N–H and O–H groups in total. The Balaban J connectivity index is 3.04. The molecule has 1 amide bonds. The molecule has 0 spiro atoms. The Morgan fingerprint density at radius 2 is 2.24 bits per heavy atom. The molecule has 21 heavy (non-hydrogen) atoms. The maximum atomic E-state index is 12.7. The van der Waals surface area contributed by atoms with E-state index in [1.165, 1.54) is 0 Å². The Hall–Kier alpha value is -2.09. The number of nitrogens with one attached hydrogen (secondary N) is 1. The zero-order valence-electron chi connectivity index (χ0n) is 13.3. The standard InChI is InChI=1S/C16H24N4O/c1-5-18-15-9-13(4)19-10-14(15)16(21)20(8-6-7-17)11-12(2)3/h9-10,12H,5-6,8,11H2,1-4H3,(H,18,19). The molecule has 0 aliphatic rings. The van der Waals surface area contributed by atoms with Crippen LogP contribution in [0.1, 0.15) is 43.2 Å². The second-order valence-electron chi connectivity index (χ2n) is 5.45. The molecule has 1 aromatic heterocycles. The predicted molar refractivity (Wildman–Crippen MR) is 84.1 cm³/mol. The van der Waals surface area contributed by atoms with Crippen molar-refractivity contribution in [2.75, 3.05) is 25.0 Å². The number of aromatic nitrogens is 1. The molecule has 0 aliphatic heterocycles. The van der Waals surface area contributed by atoms with Gasteiger partial charge in [0.15, 0.2) is 0 Å². The van der Waals surface area contributed by atoms with Crippen molar-refractivity contribution in [3.05, 3.63) is 23.5 Å². The van der Waals surface area contributed by atoms with Gasteiger partial charge in [-0.25, -0.2) is 0 Å². The lowest BCUT2D eigenvalue weighted by atomic mass is 10.1. The fourth-order valence-corrected chi connectivity index (χ4v) is 2.14. The third-order valence-corrected chi connectivity index (χ3v) is 3.00. The van der Waals surface area contributed by atoms with E-state index in [-0.39, 0.29) is 5.91 Å². The maximum Gasteiger partial charge on any atom is 0.257 e. The monoisotopic (exact) mass is 288 g/mol.